The molecule has 2 rings (SSSR count). The fraction of sp³-hybridized carbons (Fsp3) is 0.500. The number of carbonyl (C=O) groups excluding carboxylic acids is 1. The number of methoxy groups -OCH3 is 1. The number of benzene rings is 1. The number of hydrogen-bond acceptors (Lipinski definition) is 3. The minimum Gasteiger partial charge on any atom is -0.467 e. The van der Waals surface area contributed by atoms with Gasteiger partial charge in [0, 0.05) is 11.6 Å². The first kappa shape index (κ1) is 13.9. The smallest absolute Gasteiger partial charge is 0.341 e. The second-order valence-electron chi connectivity index (χ2n) is 5.14. The van der Waals surface area contributed by atoms with Crippen LogP contribution in [0, 0.1) is 17.6 Å². The highest BCUT2D eigenvalue weighted by atomic mass is 19.1. The van der Waals surface area contributed by atoms with Crippen molar-refractivity contribution in [3.05, 3.63) is 35.4 Å². The highest BCUT2D eigenvalue weighted by Crippen LogP contribution is 2.60. The van der Waals surface area contributed by atoms with Crippen LogP contribution in [0.3, 0.4) is 0 Å². The zero-order valence-electron chi connectivity index (χ0n) is 11.3. The summed E-state index contributed by atoms with van der Waals surface area (Å²) < 4.78 is 37.2. The Morgan fingerprint density at radius 1 is 1.37 bits per heavy atom. The van der Waals surface area contributed by atoms with E-state index in [1.807, 2.05) is 0 Å². The van der Waals surface area contributed by atoms with E-state index in [1.165, 1.54) is 13.2 Å². The van der Waals surface area contributed by atoms with Crippen LogP contribution in [0.5, 0.6) is 0 Å². The van der Waals surface area contributed by atoms with Crippen LogP contribution in [0.15, 0.2) is 18.2 Å². The zero-order chi connectivity index (χ0) is 14.4. The lowest BCUT2D eigenvalue weighted by Crippen LogP contribution is -2.38. The second-order valence-corrected chi connectivity index (χ2v) is 5.14. The van der Waals surface area contributed by atoms with Gasteiger partial charge in [0.25, 0.3) is 0 Å². The Morgan fingerprint density at radius 2 is 2.00 bits per heavy atom. The number of hydrogen-bond donors (Lipinski definition) is 0. The van der Waals surface area contributed by atoms with E-state index >= 15 is 0 Å². The van der Waals surface area contributed by atoms with E-state index in [1.54, 1.807) is 20.8 Å². The molecule has 0 bridgehead atoms. The first-order valence-electron chi connectivity index (χ1n) is 6.03. The average molecular weight is 270 g/mol. The molecule has 104 valence electrons. The van der Waals surface area contributed by atoms with Gasteiger partial charge in [-0.1, -0.05) is 19.9 Å². The van der Waals surface area contributed by atoms with Crippen molar-refractivity contribution < 1.29 is 23.0 Å². The molecule has 2 atom stereocenters. The van der Waals surface area contributed by atoms with E-state index in [0.29, 0.717) is 0 Å². The summed E-state index contributed by atoms with van der Waals surface area (Å²) >= 11 is 0. The molecule has 0 radical (unpaired) electrons. The van der Waals surface area contributed by atoms with E-state index in [2.05, 4.69) is 0 Å². The van der Waals surface area contributed by atoms with Crippen LogP contribution in [-0.4, -0.2) is 18.7 Å². The van der Waals surface area contributed by atoms with Gasteiger partial charge in [0.05, 0.1) is 7.11 Å². The summed E-state index contributed by atoms with van der Waals surface area (Å²) in [6.07, 6.45) is 0. The molecular formula is C14H16F2O3. The van der Waals surface area contributed by atoms with E-state index in [4.69, 9.17) is 9.47 Å². The normalized spacial score (nSPS) is 29.4. The maximum Gasteiger partial charge on any atom is 0.341 e. The Balaban J connectivity index is 2.48. The van der Waals surface area contributed by atoms with Gasteiger partial charge in [-0.25, -0.2) is 13.6 Å². The summed E-state index contributed by atoms with van der Waals surface area (Å²) in [6, 6.07) is 3.23. The molecule has 1 aliphatic rings. The van der Waals surface area contributed by atoms with E-state index in [9.17, 15) is 13.6 Å². The summed E-state index contributed by atoms with van der Waals surface area (Å²) in [5.74, 6) is -2.14. The van der Waals surface area contributed by atoms with Crippen LogP contribution in [0.1, 0.15) is 26.3 Å². The second kappa shape index (κ2) is 4.27. The molecule has 19 heavy (non-hydrogen) atoms. The van der Waals surface area contributed by atoms with Gasteiger partial charge >= 0.3 is 5.97 Å². The van der Waals surface area contributed by atoms with Gasteiger partial charge in [0.2, 0.25) is 5.60 Å². The SMILES string of the molecule is COC(=O)C1(C(C)C)OC1(C)c1ccc(F)cc1F. The van der Waals surface area contributed by atoms with Crippen molar-refractivity contribution in [3.8, 4) is 0 Å². The third-order valence-electron chi connectivity index (χ3n) is 3.78. The van der Waals surface area contributed by atoms with Crippen molar-refractivity contribution in [3.63, 3.8) is 0 Å². The van der Waals surface area contributed by atoms with Gasteiger partial charge in [0.15, 0.2) is 0 Å². The lowest BCUT2D eigenvalue weighted by atomic mass is 9.80. The molecule has 1 saturated heterocycles. The molecule has 0 spiro atoms. The van der Waals surface area contributed by atoms with Gasteiger partial charge in [-0.15, -0.1) is 0 Å². The molecule has 2 unspecified atom stereocenters. The summed E-state index contributed by atoms with van der Waals surface area (Å²) in [5, 5.41) is 0. The molecule has 1 aliphatic heterocycles. The Morgan fingerprint density at radius 3 is 2.47 bits per heavy atom. The summed E-state index contributed by atoms with van der Waals surface area (Å²) in [4.78, 5) is 12.0. The predicted octanol–water partition coefficient (Wildman–Crippen LogP) is 2.78. The fourth-order valence-corrected chi connectivity index (χ4v) is 2.72. The average Bonchev–Trinajstić information content (AvgIpc) is 2.97. The first-order chi connectivity index (χ1) is 8.79. The van der Waals surface area contributed by atoms with Crippen LogP contribution in [0.25, 0.3) is 0 Å². The molecule has 0 saturated carbocycles. The summed E-state index contributed by atoms with van der Waals surface area (Å²) in [7, 11) is 1.26. The Bertz CT molecular complexity index is 529. The van der Waals surface area contributed by atoms with Crippen LogP contribution in [0.2, 0.25) is 0 Å². The Hall–Kier alpha value is -1.49. The minimum atomic E-state index is -1.22. The quantitative estimate of drug-likeness (QED) is 0.626. The van der Waals surface area contributed by atoms with Crippen molar-refractivity contribution in [2.45, 2.75) is 32.0 Å². The standard InChI is InChI=1S/C14H16F2O3/c1-8(2)14(12(17)18-4)13(3,19-14)10-6-5-9(15)7-11(10)16/h5-8H,1-4H3. The third kappa shape index (κ3) is 1.75. The number of ether oxygens (including phenoxy) is 2. The number of rotatable bonds is 3. The lowest BCUT2D eigenvalue weighted by Gasteiger charge is -2.19. The van der Waals surface area contributed by atoms with Crippen LogP contribution >= 0.6 is 0 Å². The van der Waals surface area contributed by atoms with E-state index in [-0.39, 0.29) is 11.5 Å². The number of halogens is 2. The van der Waals surface area contributed by atoms with Gasteiger partial charge in [-0.05, 0) is 18.9 Å². The van der Waals surface area contributed by atoms with Crippen molar-refractivity contribution in [2.24, 2.45) is 5.92 Å². The van der Waals surface area contributed by atoms with Crippen molar-refractivity contribution >= 4 is 5.97 Å². The van der Waals surface area contributed by atoms with E-state index in [0.717, 1.165) is 12.1 Å². The molecule has 0 amide bonds. The molecule has 1 fully saturated rings. The number of esters is 1. The highest BCUT2D eigenvalue weighted by molar-refractivity contribution is 5.85. The van der Waals surface area contributed by atoms with Crippen LogP contribution in [-0.2, 0) is 19.9 Å². The highest BCUT2D eigenvalue weighted by Gasteiger charge is 2.75. The third-order valence-corrected chi connectivity index (χ3v) is 3.78. The Kier molecular flexibility index (Phi) is 3.13. The zero-order valence-corrected chi connectivity index (χ0v) is 11.3. The van der Waals surface area contributed by atoms with Crippen molar-refractivity contribution in [1.29, 1.82) is 0 Å². The topological polar surface area (TPSA) is 38.8 Å². The predicted molar refractivity (Wildman–Crippen MR) is 64.4 cm³/mol. The molecule has 1 aromatic rings. The molecule has 1 aromatic carbocycles. The minimum absolute atomic E-state index is 0.160. The van der Waals surface area contributed by atoms with Crippen molar-refractivity contribution in [1.82, 2.24) is 0 Å². The summed E-state index contributed by atoms with van der Waals surface area (Å²) in [5.41, 5.74) is -2.19. The molecule has 0 aliphatic carbocycles. The number of carbonyl (C=O) groups is 1. The largest absolute Gasteiger partial charge is 0.467 e. The Labute approximate surface area is 110 Å². The molecule has 0 aromatic heterocycles. The lowest BCUT2D eigenvalue weighted by molar-refractivity contribution is -0.148. The van der Waals surface area contributed by atoms with Crippen LogP contribution < -0.4 is 0 Å². The first-order valence-corrected chi connectivity index (χ1v) is 6.03. The van der Waals surface area contributed by atoms with Crippen LogP contribution in [0.4, 0.5) is 8.78 Å². The molecule has 5 heteroatoms. The van der Waals surface area contributed by atoms with Gasteiger partial charge in [0.1, 0.15) is 17.2 Å². The maximum atomic E-state index is 13.9. The molecule has 3 nitrogen and oxygen atoms in total. The fourth-order valence-electron chi connectivity index (χ4n) is 2.72. The van der Waals surface area contributed by atoms with Gasteiger partial charge in [-0.2, -0.15) is 0 Å². The van der Waals surface area contributed by atoms with E-state index < -0.39 is 28.8 Å². The molecule has 1 heterocycles. The molecule has 0 N–H and O–H groups in total. The maximum absolute atomic E-state index is 13.9. The number of epoxide rings is 1. The van der Waals surface area contributed by atoms with Crippen molar-refractivity contribution in [2.75, 3.05) is 7.11 Å². The van der Waals surface area contributed by atoms with Gasteiger partial charge < -0.3 is 9.47 Å². The summed E-state index contributed by atoms with van der Waals surface area (Å²) in [6.45, 7) is 5.20. The van der Waals surface area contributed by atoms with Gasteiger partial charge in [-0.3, -0.25) is 0 Å². The monoisotopic (exact) mass is 270 g/mol. The molecular weight excluding hydrogens is 254 g/mol.